The second-order valence-corrected chi connectivity index (χ2v) is 14.0. The lowest BCUT2D eigenvalue weighted by atomic mass is 9.90. The predicted octanol–water partition coefficient (Wildman–Crippen LogP) is 5.04. The van der Waals surface area contributed by atoms with Crippen LogP contribution in [0.4, 0.5) is 0 Å². The third kappa shape index (κ3) is 3.54. The third-order valence-corrected chi connectivity index (χ3v) is 10.9. The molecule has 1 aromatic rings. The number of carbonyl (C=O) groups is 2. The Labute approximate surface area is 163 Å². The normalized spacial score (nSPS) is 20.2. The highest BCUT2D eigenvalue weighted by Crippen LogP contribution is 2.46. The summed E-state index contributed by atoms with van der Waals surface area (Å²) in [6.07, 6.45) is 3.83. The standard InChI is InChI=1S/C21H33NO4Si/c1-7-25-20(24)17-14-10-8-9-13-22(14)19-15(23)11-12-16(18(17)19)26-27(5,6)21(2,3)4/h16H,7-13H2,1-6H3. The molecule has 1 aromatic heterocycles. The number of aromatic nitrogens is 1. The first-order chi connectivity index (χ1) is 12.6. The van der Waals surface area contributed by atoms with E-state index >= 15 is 0 Å². The minimum atomic E-state index is -2.04. The first-order valence-corrected chi connectivity index (χ1v) is 13.1. The van der Waals surface area contributed by atoms with Crippen LogP contribution in [0.5, 0.6) is 0 Å². The van der Waals surface area contributed by atoms with Gasteiger partial charge in [-0.3, -0.25) is 4.79 Å². The van der Waals surface area contributed by atoms with Gasteiger partial charge in [0.2, 0.25) is 0 Å². The summed E-state index contributed by atoms with van der Waals surface area (Å²) < 4.78 is 14.2. The van der Waals surface area contributed by atoms with Crippen LogP contribution in [0.1, 0.15) is 91.6 Å². The zero-order valence-electron chi connectivity index (χ0n) is 17.6. The maximum absolute atomic E-state index is 12.9. The van der Waals surface area contributed by atoms with Crippen molar-refractivity contribution in [2.24, 2.45) is 0 Å². The number of Topliss-reactive ketones (excluding diaryl/α,β-unsaturated/α-hetero) is 1. The maximum Gasteiger partial charge on any atom is 0.340 e. The number of ether oxygens (including phenoxy) is 1. The molecule has 150 valence electrons. The molecule has 0 fully saturated rings. The molecule has 0 N–H and O–H groups in total. The van der Waals surface area contributed by atoms with Crippen molar-refractivity contribution in [3.63, 3.8) is 0 Å². The van der Waals surface area contributed by atoms with Gasteiger partial charge in [-0.2, -0.15) is 0 Å². The molecule has 2 heterocycles. The summed E-state index contributed by atoms with van der Waals surface area (Å²) in [5, 5.41) is 0.0675. The summed E-state index contributed by atoms with van der Waals surface area (Å²) in [6, 6.07) is 0. The fourth-order valence-electron chi connectivity index (χ4n) is 3.98. The van der Waals surface area contributed by atoms with Gasteiger partial charge in [0, 0.05) is 24.2 Å². The minimum Gasteiger partial charge on any atom is -0.462 e. The summed E-state index contributed by atoms with van der Waals surface area (Å²) in [7, 11) is -2.04. The van der Waals surface area contributed by atoms with Crippen molar-refractivity contribution in [2.45, 2.75) is 90.6 Å². The number of fused-ring (bicyclic) bond motifs is 3. The SMILES string of the molecule is CCOC(=O)c1c2c(n3c1CCCC3)C(=O)CCC2O[Si](C)(C)C(C)(C)C. The first-order valence-electron chi connectivity index (χ1n) is 10.2. The molecule has 1 aliphatic heterocycles. The summed E-state index contributed by atoms with van der Waals surface area (Å²) >= 11 is 0. The Kier molecular flexibility index (Phi) is 5.43. The Morgan fingerprint density at radius 3 is 2.56 bits per heavy atom. The lowest BCUT2D eigenvalue weighted by Gasteiger charge is -2.40. The monoisotopic (exact) mass is 391 g/mol. The highest BCUT2D eigenvalue weighted by Gasteiger charge is 2.44. The summed E-state index contributed by atoms with van der Waals surface area (Å²) in [6.45, 7) is 14.0. The smallest absolute Gasteiger partial charge is 0.340 e. The number of esters is 1. The fraction of sp³-hybridized carbons (Fsp3) is 0.714. The molecule has 0 bridgehead atoms. The van der Waals surface area contributed by atoms with Crippen LogP contribution in [0, 0.1) is 0 Å². The molecule has 6 heteroatoms. The van der Waals surface area contributed by atoms with E-state index in [0.717, 1.165) is 37.1 Å². The molecule has 0 saturated heterocycles. The number of carbonyl (C=O) groups excluding carboxylic acids is 2. The molecule has 1 aliphatic carbocycles. The molecule has 27 heavy (non-hydrogen) atoms. The van der Waals surface area contributed by atoms with E-state index in [9.17, 15) is 9.59 Å². The van der Waals surface area contributed by atoms with Crippen molar-refractivity contribution >= 4 is 20.1 Å². The molecule has 0 spiro atoms. The van der Waals surface area contributed by atoms with Gasteiger partial charge in [-0.15, -0.1) is 0 Å². The molecule has 0 radical (unpaired) electrons. The molecule has 0 amide bonds. The maximum atomic E-state index is 12.9. The van der Waals surface area contributed by atoms with Gasteiger partial charge < -0.3 is 13.7 Å². The van der Waals surface area contributed by atoms with Crippen molar-refractivity contribution < 1.29 is 18.8 Å². The average molecular weight is 392 g/mol. The number of rotatable bonds is 4. The van der Waals surface area contributed by atoms with Gasteiger partial charge >= 0.3 is 5.97 Å². The van der Waals surface area contributed by atoms with Crippen molar-refractivity contribution in [2.75, 3.05) is 6.61 Å². The minimum absolute atomic E-state index is 0.0675. The highest BCUT2D eigenvalue weighted by molar-refractivity contribution is 6.74. The van der Waals surface area contributed by atoms with E-state index in [-0.39, 0.29) is 22.9 Å². The van der Waals surface area contributed by atoms with E-state index in [2.05, 4.69) is 38.4 Å². The number of hydrogen-bond acceptors (Lipinski definition) is 4. The van der Waals surface area contributed by atoms with Crippen molar-refractivity contribution in [1.29, 1.82) is 0 Å². The van der Waals surface area contributed by atoms with Crippen LogP contribution in [-0.2, 0) is 22.1 Å². The molecule has 0 saturated carbocycles. The first kappa shape index (κ1) is 20.3. The predicted molar refractivity (Wildman–Crippen MR) is 108 cm³/mol. The molecule has 0 aromatic carbocycles. The van der Waals surface area contributed by atoms with Gasteiger partial charge in [0.25, 0.3) is 0 Å². The lowest BCUT2D eigenvalue weighted by molar-refractivity contribution is 0.0517. The van der Waals surface area contributed by atoms with Gasteiger partial charge in [-0.25, -0.2) is 4.79 Å². The number of hydrogen-bond donors (Lipinski definition) is 0. The van der Waals surface area contributed by atoms with Crippen LogP contribution in [-0.4, -0.2) is 31.2 Å². The van der Waals surface area contributed by atoms with Gasteiger partial charge in [0.1, 0.15) is 0 Å². The number of nitrogens with zero attached hydrogens (tertiary/aromatic N) is 1. The van der Waals surface area contributed by atoms with E-state index in [1.165, 1.54) is 0 Å². The Hall–Kier alpha value is -1.40. The van der Waals surface area contributed by atoms with Crippen molar-refractivity contribution in [3.05, 3.63) is 22.5 Å². The lowest BCUT2D eigenvalue weighted by Crippen LogP contribution is -2.42. The van der Waals surface area contributed by atoms with Crippen LogP contribution >= 0.6 is 0 Å². The van der Waals surface area contributed by atoms with Gasteiger partial charge in [0.05, 0.1) is 24.0 Å². The van der Waals surface area contributed by atoms with Crippen LogP contribution in [0.3, 0.4) is 0 Å². The summed E-state index contributed by atoms with van der Waals surface area (Å²) in [4.78, 5) is 25.7. The van der Waals surface area contributed by atoms with E-state index in [0.29, 0.717) is 30.7 Å². The molecule has 3 rings (SSSR count). The van der Waals surface area contributed by atoms with E-state index in [4.69, 9.17) is 9.16 Å². The van der Waals surface area contributed by atoms with Crippen LogP contribution in [0.25, 0.3) is 0 Å². The largest absolute Gasteiger partial charge is 0.462 e. The average Bonchev–Trinajstić information content (AvgIpc) is 2.93. The zero-order valence-corrected chi connectivity index (χ0v) is 18.6. The third-order valence-electron chi connectivity index (χ3n) is 6.40. The van der Waals surface area contributed by atoms with E-state index in [1.807, 2.05) is 6.92 Å². The van der Waals surface area contributed by atoms with Crippen LogP contribution in [0.2, 0.25) is 18.1 Å². The van der Waals surface area contributed by atoms with Crippen LogP contribution < -0.4 is 0 Å². The molecular weight excluding hydrogens is 358 g/mol. The molecular formula is C21H33NO4Si. The van der Waals surface area contributed by atoms with Gasteiger partial charge in [-0.05, 0) is 50.7 Å². The zero-order chi connectivity index (χ0) is 20.0. The Bertz CT molecular complexity index is 757. The second-order valence-electron chi connectivity index (χ2n) is 9.24. The molecule has 2 aliphatic rings. The Morgan fingerprint density at radius 1 is 1.22 bits per heavy atom. The van der Waals surface area contributed by atoms with E-state index < -0.39 is 8.32 Å². The highest BCUT2D eigenvalue weighted by atomic mass is 28.4. The topological polar surface area (TPSA) is 57.5 Å². The Balaban J connectivity index is 2.14. The van der Waals surface area contributed by atoms with Crippen LogP contribution in [0.15, 0.2) is 0 Å². The second kappa shape index (κ2) is 7.21. The van der Waals surface area contributed by atoms with Gasteiger partial charge in [-0.1, -0.05) is 20.8 Å². The Morgan fingerprint density at radius 2 is 1.93 bits per heavy atom. The van der Waals surface area contributed by atoms with E-state index in [1.54, 1.807) is 0 Å². The molecule has 1 unspecified atom stereocenters. The summed E-state index contributed by atoms with van der Waals surface area (Å²) in [5.74, 6) is -0.165. The van der Waals surface area contributed by atoms with Gasteiger partial charge in [0.15, 0.2) is 14.1 Å². The quantitative estimate of drug-likeness (QED) is 0.533. The van der Waals surface area contributed by atoms with Crippen molar-refractivity contribution in [3.8, 4) is 0 Å². The molecule has 5 nitrogen and oxygen atoms in total. The number of ketones is 1. The fourth-order valence-corrected chi connectivity index (χ4v) is 5.28. The molecule has 1 atom stereocenters. The van der Waals surface area contributed by atoms with Crippen molar-refractivity contribution in [1.82, 2.24) is 4.57 Å². The summed E-state index contributed by atoms with van der Waals surface area (Å²) in [5.41, 5.74) is 3.11.